The van der Waals surface area contributed by atoms with Gasteiger partial charge in [-0.05, 0) is 60.0 Å². The maximum absolute atomic E-state index is 11.0. The van der Waals surface area contributed by atoms with Gasteiger partial charge >= 0.3 is 0 Å². The van der Waals surface area contributed by atoms with Gasteiger partial charge in [-0.2, -0.15) is 0 Å². The molecule has 4 aromatic carbocycles. The maximum atomic E-state index is 11.0. The van der Waals surface area contributed by atoms with Crippen LogP contribution in [0.3, 0.4) is 0 Å². The number of hydrogen-bond acceptors (Lipinski definition) is 3. The molecule has 0 saturated carbocycles. The zero-order valence-electron chi connectivity index (χ0n) is 14.0. The first-order chi connectivity index (χ1) is 12.8. The molecule has 4 rings (SSSR count). The van der Waals surface area contributed by atoms with Crippen LogP contribution in [-0.2, 0) is 0 Å². The Labute approximate surface area is 151 Å². The zero-order chi connectivity index (χ0) is 17.9. The molecule has 0 bridgehead atoms. The molecular formula is C23H17NO2. The number of fused-ring (bicyclic) bond motifs is 1. The van der Waals surface area contributed by atoms with E-state index in [4.69, 9.17) is 0 Å². The van der Waals surface area contributed by atoms with Gasteiger partial charge in [-0.1, -0.05) is 36.4 Å². The monoisotopic (exact) mass is 339 g/mol. The highest BCUT2D eigenvalue weighted by atomic mass is 16.3. The van der Waals surface area contributed by atoms with Gasteiger partial charge in [-0.3, -0.25) is 4.79 Å². The van der Waals surface area contributed by atoms with Gasteiger partial charge in [0.05, 0.1) is 5.69 Å². The fourth-order valence-electron chi connectivity index (χ4n) is 3.13. The highest BCUT2D eigenvalue weighted by Gasteiger charge is 2.15. The third-order valence-electron chi connectivity index (χ3n) is 4.40. The first kappa shape index (κ1) is 15.9. The summed E-state index contributed by atoms with van der Waals surface area (Å²) < 4.78 is 0. The Morgan fingerprint density at radius 3 is 2.00 bits per heavy atom. The van der Waals surface area contributed by atoms with Crippen LogP contribution in [0.5, 0.6) is 5.75 Å². The normalized spacial score (nSPS) is 10.6. The van der Waals surface area contributed by atoms with Crippen LogP contribution in [0.25, 0.3) is 10.8 Å². The molecule has 4 aromatic rings. The van der Waals surface area contributed by atoms with Crippen molar-refractivity contribution in [3.8, 4) is 5.75 Å². The molecule has 3 heteroatoms. The highest BCUT2D eigenvalue weighted by Crippen LogP contribution is 2.39. The lowest BCUT2D eigenvalue weighted by Crippen LogP contribution is -2.10. The Bertz CT molecular complexity index is 1050. The van der Waals surface area contributed by atoms with Crippen LogP contribution in [0.4, 0.5) is 17.1 Å². The number of aromatic hydroxyl groups is 1. The number of anilines is 3. The van der Waals surface area contributed by atoms with Crippen LogP contribution in [0.2, 0.25) is 0 Å². The van der Waals surface area contributed by atoms with E-state index in [2.05, 4.69) is 29.2 Å². The van der Waals surface area contributed by atoms with Crippen molar-refractivity contribution in [3.63, 3.8) is 0 Å². The molecule has 3 nitrogen and oxygen atoms in total. The quantitative estimate of drug-likeness (QED) is 0.476. The van der Waals surface area contributed by atoms with E-state index in [1.54, 1.807) is 24.3 Å². The standard InChI is InChI=1S/C23H17NO2/c25-16-17-8-10-19(11-9-17)24(20-12-14-21(26)15-13-20)23-7-3-5-18-4-1-2-6-22(18)23/h1-16,26H. The van der Waals surface area contributed by atoms with Crippen molar-refractivity contribution in [1.82, 2.24) is 0 Å². The number of aldehydes is 1. The van der Waals surface area contributed by atoms with E-state index in [1.807, 2.05) is 42.5 Å². The van der Waals surface area contributed by atoms with Gasteiger partial charge < -0.3 is 10.0 Å². The summed E-state index contributed by atoms with van der Waals surface area (Å²) in [7, 11) is 0. The van der Waals surface area contributed by atoms with Gasteiger partial charge in [-0.25, -0.2) is 0 Å². The Balaban J connectivity index is 1.94. The Kier molecular flexibility index (Phi) is 4.12. The summed E-state index contributed by atoms with van der Waals surface area (Å²) in [6.07, 6.45) is 0.840. The topological polar surface area (TPSA) is 40.5 Å². The van der Waals surface area contributed by atoms with Crippen LogP contribution in [-0.4, -0.2) is 11.4 Å². The first-order valence-corrected chi connectivity index (χ1v) is 8.38. The molecule has 0 fully saturated rings. The minimum absolute atomic E-state index is 0.225. The van der Waals surface area contributed by atoms with E-state index < -0.39 is 0 Å². The van der Waals surface area contributed by atoms with Crippen molar-refractivity contribution in [1.29, 1.82) is 0 Å². The number of phenolic OH excluding ortho intramolecular Hbond substituents is 1. The SMILES string of the molecule is O=Cc1ccc(N(c2ccc(O)cc2)c2cccc3ccccc23)cc1. The maximum Gasteiger partial charge on any atom is 0.150 e. The smallest absolute Gasteiger partial charge is 0.150 e. The van der Waals surface area contributed by atoms with Crippen LogP contribution < -0.4 is 4.90 Å². The van der Waals surface area contributed by atoms with Crippen molar-refractivity contribution in [3.05, 3.63) is 96.6 Å². The lowest BCUT2D eigenvalue weighted by atomic mass is 10.1. The molecule has 0 aliphatic rings. The summed E-state index contributed by atoms with van der Waals surface area (Å²) in [5.41, 5.74) is 3.54. The Morgan fingerprint density at radius 2 is 1.31 bits per heavy atom. The molecule has 126 valence electrons. The molecule has 0 saturated heterocycles. The molecule has 0 unspecified atom stereocenters. The second-order valence-corrected chi connectivity index (χ2v) is 6.06. The van der Waals surface area contributed by atoms with Gasteiger partial charge in [0.25, 0.3) is 0 Å². The molecule has 0 amide bonds. The van der Waals surface area contributed by atoms with E-state index >= 15 is 0 Å². The summed E-state index contributed by atoms with van der Waals surface area (Å²) >= 11 is 0. The number of carbonyl (C=O) groups excluding carboxylic acids is 1. The van der Waals surface area contributed by atoms with Crippen LogP contribution in [0, 0.1) is 0 Å². The summed E-state index contributed by atoms with van der Waals surface area (Å²) in [6, 6.07) is 29.0. The number of nitrogens with zero attached hydrogens (tertiary/aromatic N) is 1. The molecule has 1 N–H and O–H groups in total. The number of carbonyl (C=O) groups is 1. The first-order valence-electron chi connectivity index (χ1n) is 8.38. The van der Waals surface area contributed by atoms with Gasteiger partial charge in [0, 0.05) is 22.3 Å². The third-order valence-corrected chi connectivity index (χ3v) is 4.40. The average Bonchev–Trinajstić information content (AvgIpc) is 2.70. The van der Waals surface area contributed by atoms with E-state index in [0.717, 1.165) is 34.1 Å². The lowest BCUT2D eigenvalue weighted by Gasteiger charge is -2.27. The third kappa shape index (κ3) is 2.91. The number of benzene rings is 4. The molecule has 0 aliphatic heterocycles. The van der Waals surface area contributed by atoms with E-state index in [9.17, 15) is 9.90 Å². The summed E-state index contributed by atoms with van der Waals surface area (Å²) in [5.74, 6) is 0.225. The van der Waals surface area contributed by atoms with E-state index in [0.29, 0.717) is 5.56 Å². The molecule has 26 heavy (non-hydrogen) atoms. The molecule has 0 heterocycles. The minimum Gasteiger partial charge on any atom is -0.508 e. The van der Waals surface area contributed by atoms with Crippen LogP contribution >= 0.6 is 0 Å². The molecule has 0 aliphatic carbocycles. The molecule has 0 aromatic heterocycles. The van der Waals surface area contributed by atoms with Crippen molar-refractivity contribution < 1.29 is 9.90 Å². The molecule has 0 atom stereocenters. The fourth-order valence-corrected chi connectivity index (χ4v) is 3.13. The predicted octanol–water partition coefficient (Wildman–Crippen LogP) is 5.83. The van der Waals surface area contributed by atoms with Crippen molar-refractivity contribution in [2.45, 2.75) is 0 Å². The summed E-state index contributed by atoms with van der Waals surface area (Å²) in [5, 5.41) is 11.9. The lowest BCUT2D eigenvalue weighted by molar-refractivity contribution is 0.112. The second kappa shape index (κ2) is 6.73. The van der Waals surface area contributed by atoms with Gasteiger partial charge in [-0.15, -0.1) is 0 Å². The van der Waals surface area contributed by atoms with E-state index in [1.165, 1.54) is 0 Å². The predicted molar refractivity (Wildman–Crippen MR) is 106 cm³/mol. The number of phenols is 1. The fraction of sp³-hybridized carbons (Fsp3) is 0. The van der Waals surface area contributed by atoms with Crippen LogP contribution in [0.1, 0.15) is 10.4 Å². The number of rotatable bonds is 4. The van der Waals surface area contributed by atoms with Crippen molar-refractivity contribution >= 4 is 34.1 Å². The summed E-state index contributed by atoms with van der Waals surface area (Å²) in [4.78, 5) is 13.1. The Morgan fingerprint density at radius 1 is 0.692 bits per heavy atom. The second-order valence-electron chi connectivity index (χ2n) is 6.06. The number of hydrogen-bond donors (Lipinski definition) is 1. The van der Waals surface area contributed by atoms with Crippen molar-refractivity contribution in [2.24, 2.45) is 0 Å². The minimum atomic E-state index is 0.225. The van der Waals surface area contributed by atoms with Crippen LogP contribution in [0.15, 0.2) is 91.0 Å². The molecule has 0 radical (unpaired) electrons. The van der Waals surface area contributed by atoms with Gasteiger partial charge in [0.2, 0.25) is 0 Å². The van der Waals surface area contributed by atoms with Gasteiger partial charge in [0.1, 0.15) is 12.0 Å². The highest BCUT2D eigenvalue weighted by molar-refractivity contribution is 5.99. The largest absolute Gasteiger partial charge is 0.508 e. The average molecular weight is 339 g/mol. The van der Waals surface area contributed by atoms with Crippen molar-refractivity contribution in [2.75, 3.05) is 4.90 Å². The van der Waals surface area contributed by atoms with E-state index in [-0.39, 0.29) is 5.75 Å². The molecular weight excluding hydrogens is 322 g/mol. The van der Waals surface area contributed by atoms with Gasteiger partial charge in [0.15, 0.2) is 0 Å². The Hall–Kier alpha value is -3.59. The zero-order valence-corrected chi connectivity index (χ0v) is 14.0. The summed E-state index contributed by atoms with van der Waals surface area (Å²) in [6.45, 7) is 0. The molecule has 0 spiro atoms.